The Morgan fingerprint density at radius 3 is 2.44 bits per heavy atom. The largest absolute Gasteiger partial charge is 0.352 e. The summed E-state index contributed by atoms with van der Waals surface area (Å²) in [6, 6.07) is 10.6. The molecule has 140 valence electrons. The number of hydrogen-bond acceptors (Lipinski definition) is 4. The van der Waals surface area contributed by atoms with Gasteiger partial charge in [0.25, 0.3) is 11.5 Å². The minimum atomic E-state index is -0.187. The Bertz CT molecular complexity index is 1020. The summed E-state index contributed by atoms with van der Waals surface area (Å²) in [6.07, 6.45) is 1.66. The van der Waals surface area contributed by atoms with Crippen LogP contribution in [0.1, 0.15) is 44.1 Å². The van der Waals surface area contributed by atoms with Gasteiger partial charge in [-0.2, -0.15) is 0 Å². The van der Waals surface area contributed by atoms with E-state index in [9.17, 15) is 9.59 Å². The van der Waals surface area contributed by atoms with Gasteiger partial charge in [0, 0.05) is 29.9 Å². The van der Waals surface area contributed by atoms with Gasteiger partial charge in [-0.3, -0.25) is 14.2 Å². The van der Waals surface area contributed by atoms with Gasteiger partial charge in [-0.15, -0.1) is 0 Å². The molecule has 0 unspecified atom stereocenters. The van der Waals surface area contributed by atoms with Crippen LogP contribution in [0.15, 0.2) is 47.4 Å². The van der Waals surface area contributed by atoms with Crippen molar-refractivity contribution in [3.63, 3.8) is 0 Å². The summed E-state index contributed by atoms with van der Waals surface area (Å²) in [5, 5.41) is 2.89. The third-order valence-corrected chi connectivity index (χ3v) is 4.26. The number of pyridine rings is 1. The Morgan fingerprint density at radius 1 is 1.11 bits per heavy atom. The molecule has 2 aromatic heterocycles. The van der Waals surface area contributed by atoms with Crippen molar-refractivity contribution in [2.45, 2.75) is 33.7 Å². The maximum Gasteiger partial charge on any atom is 0.278 e. The molecule has 3 aromatic rings. The van der Waals surface area contributed by atoms with Crippen molar-refractivity contribution in [3.05, 3.63) is 58.5 Å². The molecular weight excluding hydrogens is 340 g/mol. The number of carbonyl (C=O) groups is 1. The third kappa shape index (κ3) is 3.89. The summed E-state index contributed by atoms with van der Waals surface area (Å²) in [4.78, 5) is 34.0. The lowest BCUT2D eigenvalue weighted by atomic mass is 10.1. The number of nitrogens with zero attached hydrogens (tertiary/aromatic N) is 3. The lowest BCUT2D eigenvalue weighted by Gasteiger charge is -2.14. The van der Waals surface area contributed by atoms with Crippen molar-refractivity contribution in [2.24, 2.45) is 5.92 Å². The van der Waals surface area contributed by atoms with Crippen LogP contribution in [0.25, 0.3) is 22.4 Å². The predicted octanol–water partition coefficient (Wildman–Crippen LogP) is 3.43. The summed E-state index contributed by atoms with van der Waals surface area (Å²) in [5.74, 6) is 0.267. The van der Waals surface area contributed by atoms with Crippen LogP contribution in [0, 0.1) is 5.92 Å². The van der Waals surface area contributed by atoms with Crippen molar-refractivity contribution in [2.75, 3.05) is 6.54 Å². The van der Waals surface area contributed by atoms with E-state index in [4.69, 9.17) is 0 Å². The average Bonchev–Trinajstić information content (AvgIpc) is 2.65. The molecule has 1 N–H and O–H groups in total. The highest BCUT2D eigenvalue weighted by Crippen LogP contribution is 2.19. The molecule has 0 aliphatic carbocycles. The fourth-order valence-electron chi connectivity index (χ4n) is 2.89. The molecule has 0 aliphatic heterocycles. The van der Waals surface area contributed by atoms with Crippen LogP contribution >= 0.6 is 0 Å². The van der Waals surface area contributed by atoms with Crippen LogP contribution in [-0.4, -0.2) is 27.0 Å². The summed E-state index contributed by atoms with van der Waals surface area (Å²) >= 11 is 0. The first kappa shape index (κ1) is 18.8. The van der Waals surface area contributed by atoms with Crippen LogP contribution in [-0.2, 0) is 0 Å². The Morgan fingerprint density at radius 2 is 1.81 bits per heavy atom. The quantitative estimate of drug-likeness (QED) is 0.752. The monoisotopic (exact) mass is 364 g/mol. The molecule has 0 saturated carbocycles. The highest BCUT2D eigenvalue weighted by atomic mass is 16.1. The molecule has 6 nitrogen and oxygen atoms in total. The van der Waals surface area contributed by atoms with Crippen molar-refractivity contribution >= 4 is 17.1 Å². The van der Waals surface area contributed by atoms with E-state index in [1.54, 1.807) is 41.1 Å². The molecule has 3 rings (SSSR count). The second-order valence-electron chi connectivity index (χ2n) is 7.26. The van der Waals surface area contributed by atoms with Gasteiger partial charge in [0.15, 0.2) is 5.65 Å². The second-order valence-corrected chi connectivity index (χ2v) is 7.26. The molecule has 0 aliphatic rings. The lowest BCUT2D eigenvalue weighted by molar-refractivity contribution is 0.0949. The van der Waals surface area contributed by atoms with Gasteiger partial charge in [0.2, 0.25) is 0 Å². The fraction of sp³-hybridized carbons (Fsp3) is 0.333. The zero-order valence-corrected chi connectivity index (χ0v) is 16.1. The molecule has 0 fully saturated rings. The molecule has 0 atom stereocenters. The van der Waals surface area contributed by atoms with E-state index in [0.29, 0.717) is 40.4 Å². The van der Waals surface area contributed by atoms with E-state index in [1.807, 2.05) is 33.8 Å². The van der Waals surface area contributed by atoms with Gasteiger partial charge in [-0.25, -0.2) is 9.97 Å². The van der Waals surface area contributed by atoms with E-state index in [1.165, 1.54) is 0 Å². The van der Waals surface area contributed by atoms with Crippen LogP contribution in [0.4, 0.5) is 0 Å². The van der Waals surface area contributed by atoms with E-state index in [0.717, 1.165) is 0 Å². The molecule has 0 radical (unpaired) electrons. The maximum absolute atomic E-state index is 13.0. The number of fused-ring (bicyclic) bond motifs is 1. The number of nitrogens with one attached hydrogen (secondary N) is 1. The standard InChI is InChI=1S/C21H24N4O2/c1-13(2)12-23-20(26)16-9-7-15(8-10-16)18-21(27)25(14(3)4)19-17(24-18)6-5-11-22-19/h5-11,13-14H,12H2,1-4H3,(H,23,26). The molecule has 6 heteroatoms. The van der Waals surface area contributed by atoms with E-state index >= 15 is 0 Å². The first-order valence-corrected chi connectivity index (χ1v) is 9.14. The average molecular weight is 364 g/mol. The van der Waals surface area contributed by atoms with Crippen LogP contribution < -0.4 is 10.9 Å². The maximum atomic E-state index is 13.0. The van der Waals surface area contributed by atoms with Crippen LogP contribution in [0.3, 0.4) is 0 Å². The van der Waals surface area contributed by atoms with Gasteiger partial charge < -0.3 is 5.32 Å². The van der Waals surface area contributed by atoms with E-state index in [2.05, 4.69) is 15.3 Å². The van der Waals surface area contributed by atoms with Crippen molar-refractivity contribution in [1.82, 2.24) is 19.9 Å². The first-order chi connectivity index (χ1) is 12.9. The molecule has 0 saturated heterocycles. The number of carbonyl (C=O) groups excluding carboxylic acids is 1. The Balaban J connectivity index is 2.02. The molecule has 0 spiro atoms. The van der Waals surface area contributed by atoms with Crippen LogP contribution in [0.5, 0.6) is 0 Å². The van der Waals surface area contributed by atoms with Crippen LogP contribution in [0.2, 0.25) is 0 Å². The minimum Gasteiger partial charge on any atom is -0.352 e. The zero-order valence-electron chi connectivity index (χ0n) is 16.1. The highest BCUT2D eigenvalue weighted by molar-refractivity contribution is 5.94. The summed E-state index contributed by atoms with van der Waals surface area (Å²) < 4.78 is 1.65. The zero-order chi connectivity index (χ0) is 19.6. The Hall–Kier alpha value is -3.02. The lowest BCUT2D eigenvalue weighted by Crippen LogP contribution is -2.27. The van der Waals surface area contributed by atoms with Gasteiger partial charge in [0.05, 0.1) is 0 Å². The van der Waals surface area contributed by atoms with Crippen molar-refractivity contribution in [3.8, 4) is 11.3 Å². The van der Waals surface area contributed by atoms with E-state index < -0.39 is 0 Å². The van der Waals surface area contributed by atoms with Crippen molar-refractivity contribution in [1.29, 1.82) is 0 Å². The van der Waals surface area contributed by atoms with Gasteiger partial charge in [0.1, 0.15) is 11.2 Å². The summed E-state index contributed by atoms with van der Waals surface area (Å²) in [7, 11) is 0. The predicted molar refractivity (Wildman–Crippen MR) is 107 cm³/mol. The SMILES string of the molecule is CC(C)CNC(=O)c1ccc(-c2nc3cccnc3n(C(C)C)c2=O)cc1. The topological polar surface area (TPSA) is 76.9 Å². The molecule has 0 bridgehead atoms. The van der Waals surface area contributed by atoms with Crippen molar-refractivity contribution < 1.29 is 4.79 Å². The Labute approximate surface area is 158 Å². The number of hydrogen-bond donors (Lipinski definition) is 1. The molecule has 1 amide bonds. The minimum absolute atomic E-state index is 0.0438. The number of amides is 1. The smallest absolute Gasteiger partial charge is 0.278 e. The normalized spacial score (nSPS) is 11.3. The van der Waals surface area contributed by atoms with Gasteiger partial charge in [-0.1, -0.05) is 26.0 Å². The molecular formula is C21H24N4O2. The summed E-state index contributed by atoms with van der Waals surface area (Å²) in [5.41, 5.74) is 2.66. The number of aromatic nitrogens is 3. The fourth-order valence-corrected chi connectivity index (χ4v) is 2.89. The molecule has 1 aromatic carbocycles. The van der Waals surface area contributed by atoms with Gasteiger partial charge in [-0.05, 0) is 44.0 Å². The molecule has 27 heavy (non-hydrogen) atoms. The number of rotatable bonds is 5. The second kappa shape index (κ2) is 7.70. The van der Waals surface area contributed by atoms with Gasteiger partial charge >= 0.3 is 0 Å². The highest BCUT2D eigenvalue weighted by Gasteiger charge is 2.16. The molecule has 2 heterocycles. The first-order valence-electron chi connectivity index (χ1n) is 9.14. The van der Waals surface area contributed by atoms with E-state index in [-0.39, 0.29) is 17.5 Å². The number of benzene rings is 1. The Kier molecular flexibility index (Phi) is 5.35. The third-order valence-electron chi connectivity index (χ3n) is 4.26. The summed E-state index contributed by atoms with van der Waals surface area (Å²) in [6.45, 7) is 8.61.